The van der Waals surface area contributed by atoms with Crippen LogP contribution in [0.3, 0.4) is 0 Å². The van der Waals surface area contributed by atoms with Gasteiger partial charge in [-0.1, -0.05) is 24.3 Å². The summed E-state index contributed by atoms with van der Waals surface area (Å²) >= 11 is 0. The van der Waals surface area contributed by atoms with Crippen molar-refractivity contribution in [2.24, 2.45) is 5.73 Å². The van der Waals surface area contributed by atoms with E-state index < -0.39 is 0 Å². The van der Waals surface area contributed by atoms with E-state index in [-0.39, 0.29) is 6.03 Å². The lowest BCUT2D eigenvalue weighted by atomic mass is 10.0. The fourth-order valence-electron chi connectivity index (χ4n) is 1.79. The van der Waals surface area contributed by atoms with Crippen LogP contribution in [0.5, 0.6) is 0 Å². The minimum Gasteiger partial charge on any atom is -0.351 e. The van der Waals surface area contributed by atoms with Crippen molar-refractivity contribution in [2.75, 3.05) is 6.54 Å². The number of amides is 2. The van der Waals surface area contributed by atoms with Crippen LogP contribution >= 0.6 is 0 Å². The van der Waals surface area contributed by atoms with Gasteiger partial charge in [-0.05, 0) is 30.0 Å². The number of carbonyl (C=O) groups excluding carboxylic acids is 1. The summed E-state index contributed by atoms with van der Waals surface area (Å²) in [6, 6.07) is 7.83. The Kier molecular flexibility index (Phi) is 2.72. The lowest BCUT2D eigenvalue weighted by Gasteiger charge is -2.18. The van der Waals surface area contributed by atoms with Crippen molar-refractivity contribution in [3.05, 3.63) is 41.6 Å². The van der Waals surface area contributed by atoms with Crippen LogP contribution in [0.2, 0.25) is 0 Å². The standard InChI is InChI=1S/C12H14N2O/c13-12(15)14-8-3-6-10-4-1-2-5-11(10)7-9-14/h1-2,4-5,7,9H,3,6,8H2,(H2,13,15). The van der Waals surface area contributed by atoms with Crippen LogP contribution < -0.4 is 5.73 Å². The summed E-state index contributed by atoms with van der Waals surface area (Å²) in [7, 11) is 0. The zero-order valence-corrected chi connectivity index (χ0v) is 8.52. The zero-order valence-electron chi connectivity index (χ0n) is 8.52. The van der Waals surface area contributed by atoms with Gasteiger partial charge in [-0.2, -0.15) is 0 Å². The molecule has 1 aliphatic heterocycles. The predicted octanol–water partition coefficient (Wildman–Crippen LogP) is 1.98. The number of benzene rings is 1. The highest BCUT2D eigenvalue weighted by molar-refractivity contribution is 5.74. The normalized spacial score (nSPS) is 15.3. The van der Waals surface area contributed by atoms with Crippen LogP contribution in [-0.2, 0) is 6.42 Å². The minimum absolute atomic E-state index is 0.384. The molecular formula is C12H14N2O. The number of hydrogen-bond acceptors (Lipinski definition) is 1. The van der Waals surface area contributed by atoms with Gasteiger partial charge < -0.3 is 10.6 Å². The molecule has 2 rings (SSSR count). The Morgan fingerprint density at radius 2 is 2.13 bits per heavy atom. The van der Waals surface area contributed by atoms with Crippen molar-refractivity contribution in [2.45, 2.75) is 12.8 Å². The van der Waals surface area contributed by atoms with Crippen molar-refractivity contribution in [1.82, 2.24) is 4.90 Å². The van der Waals surface area contributed by atoms with Gasteiger partial charge in [0.1, 0.15) is 0 Å². The zero-order chi connectivity index (χ0) is 10.7. The average Bonchev–Trinajstić information content (AvgIpc) is 2.18. The summed E-state index contributed by atoms with van der Waals surface area (Å²) in [6.45, 7) is 0.695. The molecule has 3 nitrogen and oxygen atoms in total. The van der Waals surface area contributed by atoms with Gasteiger partial charge in [0, 0.05) is 12.7 Å². The second-order valence-electron chi connectivity index (χ2n) is 3.65. The maximum atomic E-state index is 11.0. The second-order valence-corrected chi connectivity index (χ2v) is 3.65. The third kappa shape index (κ3) is 2.18. The molecule has 0 bridgehead atoms. The Labute approximate surface area is 89.2 Å². The number of rotatable bonds is 0. The van der Waals surface area contributed by atoms with Gasteiger partial charge in [-0.3, -0.25) is 0 Å². The smallest absolute Gasteiger partial charge is 0.318 e. The van der Waals surface area contributed by atoms with E-state index in [1.54, 1.807) is 11.1 Å². The molecule has 0 unspecified atom stereocenters. The van der Waals surface area contributed by atoms with Crippen LogP contribution in [0.1, 0.15) is 17.5 Å². The van der Waals surface area contributed by atoms with E-state index in [1.807, 2.05) is 18.2 Å². The Bertz CT molecular complexity index is 398. The van der Waals surface area contributed by atoms with Crippen molar-refractivity contribution in [1.29, 1.82) is 0 Å². The van der Waals surface area contributed by atoms with E-state index >= 15 is 0 Å². The lowest BCUT2D eigenvalue weighted by molar-refractivity contribution is 0.224. The molecule has 1 heterocycles. The molecule has 2 amide bonds. The van der Waals surface area contributed by atoms with Gasteiger partial charge in [0.25, 0.3) is 0 Å². The van der Waals surface area contributed by atoms with Gasteiger partial charge >= 0.3 is 6.03 Å². The third-order valence-electron chi connectivity index (χ3n) is 2.62. The van der Waals surface area contributed by atoms with Crippen LogP contribution in [0.25, 0.3) is 6.08 Å². The van der Waals surface area contributed by atoms with Crippen molar-refractivity contribution in [3.8, 4) is 0 Å². The first-order valence-corrected chi connectivity index (χ1v) is 5.09. The Hall–Kier alpha value is -1.77. The highest BCUT2D eigenvalue weighted by Gasteiger charge is 2.09. The predicted molar refractivity (Wildman–Crippen MR) is 60.1 cm³/mol. The molecule has 0 spiro atoms. The SMILES string of the molecule is NC(=O)N1C=Cc2ccccc2CCC1. The first kappa shape index (κ1) is 9.77. The van der Waals surface area contributed by atoms with E-state index in [9.17, 15) is 4.79 Å². The van der Waals surface area contributed by atoms with Crippen molar-refractivity contribution < 1.29 is 4.79 Å². The Morgan fingerprint density at radius 1 is 1.33 bits per heavy atom. The molecule has 1 aromatic carbocycles. The molecule has 2 N–H and O–H groups in total. The second kappa shape index (κ2) is 4.17. The van der Waals surface area contributed by atoms with Crippen molar-refractivity contribution in [3.63, 3.8) is 0 Å². The number of hydrogen-bond donors (Lipinski definition) is 1. The van der Waals surface area contributed by atoms with E-state index in [4.69, 9.17) is 5.73 Å². The van der Waals surface area contributed by atoms with Crippen LogP contribution in [0.15, 0.2) is 30.5 Å². The van der Waals surface area contributed by atoms with Crippen LogP contribution in [0.4, 0.5) is 4.79 Å². The molecular weight excluding hydrogens is 188 g/mol. The molecule has 1 aliphatic rings. The third-order valence-corrected chi connectivity index (χ3v) is 2.62. The molecule has 1 aromatic rings. The minimum atomic E-state index is -0.384. The summed E-state index contributed by atoms with van der Waals surface area (Å²) in [6.07, 6.45) is 5.65. The highest BCUT2D eigenvalue weighted by Crippen LogP contribution is 2.16. The fourth-order valence-corrected chi connectivity index (χ4v) is 1.79. The number of urea groups is 1. The van der Waals surface area contributed by atoms with Gasteiger partial charge in [-0.15, -0.1) is 0 Å². The van der Waals surface area contributed by atoms with Gasteiger partial charge in [0.05, 0.1) is 0 Å². The van der Waals surface area contributed by atoms with E-state index in [0.29, 0.717) is 6.54 Å². The first-order valence-electron chi connectivity index (χ1n) is 5.09. The average molecular weight is 202 g/mol. The number of fused-ring (bicyclic) bond motifs is 1. The molecule has 0 radical (unpaired) electrons. The number of carbonyl (C=O) groups is 1. The molecule has 0 aromatic heterocycles. The molecule has 78 valence electrons. The van der Waals surface area contributed by atoms with Crippen molar-refractivity contribution >= 4 is 12.1 Å². The van der Waals surface area contributed by atoms with E-state index in [2.05, 4.69) is 12.1 Å². The fraction of sp³-hybridized carbons (Fsp3) is 0.250. The van der Waals surface area contributed by atoms with Gasteiger partial charge in [0.15, 0.2) is 0 Å². The summed E-state index contributed by atoms with van der Waals surface area (Å²) in [5.41, 5.74) is 7.74. The maximum absolute atomic E-state index is 11.0. The molecule has 0 fully saturated rings. The summed E-state index contributed by atoms with van der Waals surface area (Å²) in [4.78, 5) is 12.6. The number of primary amides is 1. The Morgan fingerprint density at radius 3 is 2.93 bits per heavy atom. The monoisotopic (exact) mass is 202 g/mol. The molecule has 3 heteroatoms. The number of aryl methyl sites for hydroxylation is 1. The lowest BCUT2D eigenvalue weighted by Crippen LogP contribution is -2.32. The highest BCUT2D eigenvalue weighted by atomic mass is 16.2. The topological polar surface area (TPSA) is 46.3 Å². The van der Waals surface area contributed by atoms with Crippen LogP contribution in [-0.4, -0.2) is 17.5 Å². The largest absolute Gasteiger partial charge is 0.351 e. The Balaban J connectivity index is 2.29. The molecule has 0 saturated heterocycles. The van der Waals surface area contributed by atoms with Gasteiger partial charge in [-0.25, -0.2) is 4.79 Å². The number of nitrogens with zero attached hydrogens (tertiary/aromatic N) is 1. The van der Waals surface area contributed by atoms with Crippen LogP contribution in [0, 0.1) is 0 Å². The van der Waals surface area contributed by atoms with E-state index in [1.165, 1.54) is 11.1 Å². The van der Waals surface area contributed by atoms with E-state index in [0.717, 1.165) is 12.8 Å². The van der Waals surface area contributed by atoms with Gasteiger partial charge in [0.2, 0.25) is 0 Å². The molecule has 0 aliphatic carbocycles. The molecule has 0 atom stereocenters. The number of nitrogens with two attached hydrogens (primary N) is 1. The summed E-state index contributed by atoms with van der Waals surface area (Å²) in [5.74, 6) is 0. The maximum Gasteiger partial charge on any atom is 0.318 e. The quantitative estimate of drug-likeness (QED) is 0.687. The summed E-state index contributed by atoms with van der Waals surface area (Å²) < 4.78 is 0. The summed E-state index contributed by atoms with van der Waals surface area (Å²) in [5, 5.41) is 0. The first-order chi connectivity index (χ1) is 7.27. The molecule has 15 heavy (non-hydrogen) atoms. The molecule has 0 saturated carbocycles.